The van der Waals surface area contributed by atoms with Crippen LogP contribution < -0.4 is 11.1 Å². The van der Waals surface area contributed by atoms with Gasteiger partial charge in [-0.1, -0.05) is 0 Å². The van der Waals surface area contributed by atoms with Gasteiger partial charge in [0.05, 0.1) is 12.6 Å². The maximum Gasteiger partial charge on any atom is 0.328 e. The maximum absolute atomic E-state index is 11.7. The molecule has 2 unspecified atom stereocenters. The van der Waals surface area contributed by atoms with Gasteiger partial charge in [0.1, 0.15) is 10.7 Å². The number of amides is 1. The molecule has 0 spiro atoms. The summed E-state index contributed by atoms with van der Waals surface area (Å²) in [7, 11) is 1.36. The van der Waals surface area contributed by atoms with E-state index in [9.17, 15) is 9.59 Å². The van der Waals surface area contributed by atoms with Crippen molar-refractivity contribution in [1.82, 2.24) is 10.3 Å². The van der Waals surface area contributed by atoms with Crippen LogP contribution in [-0.2, 0) is 9.53 Å². The second kappa shape index (κ2) is 6.43. The number of carbonyl (C=O) groups is 2. The van der Waals surface area contributed by atoms with E-state index in [1.165, 1.54) is 18.4 Å². The zero-order valence-corrected chi connectivity index (χ0v) is 10.9. The van der Waals surface area contributed by atoms with Crippen molar-refractivity contribution in [3.05, 3.63) is 16.1 Å². The molecular weight excluding hydrogens is 258 g/mol. The Morgan fingerprint density at radius 3 is 2.78 bits per heavy atom. The number of rotatable bonds is 6. The normalized spacial score (nSPS) is 13.9. The minimum absolute atomic E-state index is 0.106. The van der Waals surface area contributed by atoms with Crippen LogP contribution in [0.15, 0.2) is 5.38 Å². The Hall–Kier alpha value is -1.51. The minimum atomic E-state index is -1.16. The van der Waals surface area contributed by atoms with Gasteiger partial charge in [0.25, 0.3) is 5.91 Å². The van der Waals surface area contributed by atoms with E-state index < -0.39 is 17.9 Å². The molecule has 0 bridgehead atoms. The van der Waals surface area contributed by atoms with Crippen molar-refractivity contribution >= 4 is 23.2 Å². The summed E-state index contributed by atoms with van der Waals surface area (Å²) in [6.45, 7) is 1.65. The summed E-state index contributed by atoms with van der Waals surface area (Å²) < 4.78 is 4.71. The summed E-state index contributed by atoms with van der Waals surface area (Å²) in [5, 5.41) is 13.4. The first kappa shape index (κ1) is 14.6. The highest BCUT2D eigenvalue weighted by atomic mass is 32.1. The molecule has 0 aromatic carbocycles. The fourth-order valence-corrected chi connectivity index (χ4v) is 1.93. The molecule has 100 valence electrons. The molecule has 1 rings (SSSR count). The number of thiazole rings is 1. The van der Waals surface area contributed by atoms with Crippen LogP contribution in [0.1, 0.15) is 28.5 Å². The van der Waals surface area contributed by atoms with Gasteiger partial charge in [-0.2, -0.15) is 0 Å². The Morgan fingerprint density at radius 1 is 1.67 bits per heavy atom. The predicted molar refractivity (Wildman–Crippen MR) is 65.5 cm³/mol. The number of aromatic nitrogens is 1. The molecule has 0 aliphatic rings. The number of ether oxygens (including phenoxy) is 1. The molecule has 8 heteroatoms. The van der Waals surface area contributed by atoms with Crippen LogP contribution in [0.5, 0.6) is 0 Å². The fourth-order valence-electron chi connectivity index (χ4n) is 1.17. The summed E-state index contributed by atoms with van der Waals surface area (Å²) in [5.41, 5.74) is 5.79. The number of carboxylic acid groups (broad SMARTS) is 1. The Bertz CT molecular complexity index is 433. The van der Waals surface area contributed by atoms with Gasteiger partial charge < -0.3 is 20.9 Å². The average molecular weight is 273 g/mol. The lowest BCUT2D eigenvalue weighted by molar-refractivity contribution is -0.140. The lowest BCUT2D eigenvalue weighted by Crippen LogP contribution is -2.43. The van der Waals surface area contributed by atoms with Gasteiger partial charge in [-0.05, 0) is 6.92 Å². The molecule has 2 atom stereocenters. The van der Waals surface area contributed by atoms with E-state index in [0.717, 1.165) is 0 Å². The molecule has 0 aliphatic carbocycles. The summed E-state index contributed by atoms with van der Waals surface area (Å²) in [4.78, 5) is 26.6. The van der Waals surface area contributed by atoms with Gasteiger partial charge >= 0.3 is 5.97 Å². The van der Waals surface area contributed by atoms with Gasteiger partial charge in [-0.25, -0.2) is 9.78 Å². The van der Waals surface area contributed by atoms with Crippen LogP contribution in [0.4, 0.5) is 0 Å². The summed E-state index contributed by atoms with van der Waals surface area (Å²) >= 11 is 1.26. The maximum atomic E-state index is 11.7. The molecule has 1 amide bonds. The van der Waals surface area contributed by atoms with Gasteiger partial charge in [0, 0.05) is 12.5 Å². The third kappa shape index (κ3) is 3.76. The van der Waals surface area contributed by atoms with Crippen LogP contribution in [0.25, 0.3) is 0 Å². The van der Waals surface area contributed by atoms with E-state index in [-0.39, 0.29) is 18.3 Å². The molecule has 1 aromatic heterocycles. The second-order valence-electron chi connectivity index (χ2n) is 3.68. The molecule has 4 N–H and O–H groups in total. The third-order valence-electron chi connectivity index (χ3n) is 2.08. The Kier molecular flexibility index (Phi) is 5.20. The van der Waals surface area contributed by atoms with Crippen molar-refractivity contribution < 1.29 is 19.4 Å². The summed E-state index contributed by atoms with van der Waals surface area (Å²) in [6, 6.07) is -1.35. The van der Waals surface area contributed by atoms with Crippen molar-refractivity contribution in [1.29, 1.82) is 0 Å². The monoisotopic (exact) mass is 273 g/mol. The number of carboxylic acids is 1. The zero-order valence-electron chi connectivity index (χ0n) is 10.0. The largest absolute Gasteiger partial charge is 0.480 e. The molecule has 0 radical (unpaired) electrons. The third-order valence-corrected chi connectivity index (χ3v) is 3.13. The molecule has 0 saturated heterocycles. The fraction of sp³-hybridized carbons (Fsp3) is 0.500. The highest BCUT2D eigenvalue weighted by molar-refractivity contribution is 7.09. The lowest BCUT2D eigenvalue weighted by Gasteiger charge is -2.12. The van der Waals surface area contributed by atoms with Gasteiger partial charge in [-0.15, -0.1) is 11.3 Å². The number of hydrogen-bond donors (Lipinski definition) is 3. The topological polar surface area (TPSA) is 115 Å². The van der Waals surface area contributed by atoms with Crippen molar-refractivity contribution in [3.63, 3.8) is 0 Å². The van der Waals surface area contributed by atoms with Crippen LogP contribution in [-0.4, -0.2) is 41.7 Å². The van der Waals surface area contributed by atoms with E-state index in [0.29, 0.717) is 5.01 Å². The molecule has 1 heterocycles. The van der Waals surface area contributed by atoms with Crippen molar-refractivity contribution in [3.8, 4) is 0 Å². The number of nitrogens with two attached hydrogens (primary N) is 1. The van der Waals surface area contributed by atoms with E-state index in [2.05, 4.69) is 10.3 Å². The molecular formula is C10H15N3O4S. The first-order valence-electron chi connectivity index (χ1n) is 5.19. The predicted octanol–water partition coefficient (Wildman–Crippen LogP) is -0.00780. The Balaban J connectivity index is 2.71. The van der Waals surface area contributed by atoms with Crippen molar-refractivity contribution in [2.75, 3.05) is 13.7 Å². The summed E-state index contributed by atoms with van der Waals surface area (Å²) in [6.07, 6.45) is 0. The highest BCUT2D eigenvalue weighted by Crippen LogP contribution is 2.15. The lowest BCUT2D eigenvalue weighted by atomic mass is 10.3. The molecule has 0 aliphatic heterocycles. The van der Waals surface area contributed by atoms with Crippen molar-refractivity contribution in [2.24, 2.45) is 5.73 Å². The van der Waals surface area contributed by atoms with E-state index >= 15 is 0 Å². The highest BCUT2D eigenvalue weighted by Gasteiger charge is 2.22. The van der Waals surface area contributed by atoms with Gasteiger partial charge in [-0.3, -0.25) is 4.79 Å². The first-order valence-corrected chi connectivity index (χ1v) is 6.07. The number of aliphatic carboxylic acids is 1. The second-order valence-corrected chi connectivity index (χ2v) is 4.57. The molecule has 1 aromatic rings. The SMILES string of the molecule is COCC(NC(=O)c1csc(C(C)N)n1)C(=O)O. The summed E-state index contributed by atoms with van der Waals surface area (Å²) in [5.74, 6) is -1.71. The van der Waals surface area contributed by atoms with Crippen LogP contribution in [0.3, 0.4) is 0 Å². The molecule has 0 fully saturated rings. The van der Waals surface area contributed by atoms with Crippen LogP contribution in [0, 0.1) is 0 Å². The van der Waals surface area contributed by atoms with Crippen LogP contribution >= 0.6 is 11.3 Å². The van der Waals surface area contributed by atoms with Crippen LogP contribution in [0.2, 0.25) is 0 Å². The number of methoxy groups -OCH3 is 1. The molecule has 7 nitrogen and oxygen atoms in total. The standard InChI is InChI=1S/C10H15N3O4S/c1-5(11)9-13-7(4-18-9)8(14)12-6(3-17-2)10(15)16/h4-6H,3,11H2,1-2H3,(H,12,14)(H,15,16). The Labute approximate surface area is 108 Å². The molecule has 0 saturated carbocycles. The zero-order chi connectivity index (χ0) is 13.7. The average Bonchev–Trinajstić information content (AvgIpc) is 2.77. The number of nitrogens with zero attached hydrogens (tertiary/aromatic N) is 1. The van der Waals surface area contributed by atoms with E-state index in [4.69, 9.17) is 15.6 Å². The number of hydrogen-bond acceptors (Lipinski definition) is 6. The van der Waals surface area contributed by atoms with E-state index in [1.54, 1.807) is 12.3 Å². The number of carbonyl (C=O) groups excluding carboxylic acids is 1. The van der Waals surface area contributed by atoms with Gasteiger partial charge in [0.2, 0.25) is 0 Å². The van der Waals surface area contributed by atoms with E-state index in [1.807, 2.05) is 0 Å². The minimum Gasteiger partial charge on any atom is -0.480 e. The van der Waals surface area contributed by atoms with Gasteiger partial charge in [0.15, 0.2) is 6.04 Å². The smallest absolute Gasteiger partial charge is 0.328 e. The first-order chi connectivity index (χ1) is 8.45. The number of nitrogens with one attached hydrogen (secondary N) is 1. The quantitative estimate of drug-likeness (QED) is 0.671. The molecule has 18 heavy (non-hydrogen) atoms. The van der Waals surface area contributed by atoms with Crippen molar-refractivity contribution in [2.45, 2.75) is 19.0 Å². The Morgan fingerprint density at radius 2 is 2.33 bits per heavy atom.